The fourth-order valence-corrected chi connectivity index (χ4v) is 2.58. The van der Waals surface area contributed by atoms with Crippen LogP contribution in [-0.2, 0) is 0 Å². The van der Waals surface area contributed by atoms with E-state index in [4.69, 9.17) is 21.1 Å². The van der Waals surface area contributed by atoms with Gasteiger partial charge in [0.25, 0.3) is 0 Å². The lowest BCUT2D eigenvalue weighted by Gasteiger charge is -2.26. The summed E-state index contributed by atoms with van der Waals surface area (Å²) in [6.07, 6.45) is 2.36. The highest BCUT2D eigenvalue weighted by atomic mass is 35.5. The highest BCUT2D eigenvalue weighted by Crippen LogP contribution is 2.38. The molecule has 18 heavy (non-hydrogen) atoms. The van der Waals surface area contributed by atoms with Gasteiger partial charge in [0, 0.05) is 24.7 Å². The van der Waals surface area contributed by atoms with Crippen molar-refractivity contribution in [3.8, 4) is 11.5 Å². The summed E-state index contributed by atoms with van der Waals surface area (Å²) in [5.41, 5.74) is 0.926. The fraction of sp³-hybridized carbons (Fsp3) is 0.538. The van der Waals surface area contributed by atoms with Crippen LogP contribution in [0.2, 0.25) is 5.02 Å². The molecule has 1 aromatic carbocycles. The Balaban J connectivity index is 1.78. The second kappa shape index (κ2) is 5.24. The molecular weight excluding hydrogens is 252 g/mol. The van der Waals surface area contributed by atoms with E-state index in [0.717, 1.165) is 36.7 Å². The number of rotatable bonds is 2. The van der Waals surface area contributed by atoms with Crippen LogP contribution in [0.25, 0.3) is 0 Å². The Labute approximate surface area is 112 Å². The van der Waals surface area contributed by atoms with Crippen LogP contribution in [-0.4, -0.2) is 32.3 Å². The number of halogens is 1. The maximum absolute atomic E-state index is 6.26. The van der Waals surface area contributed by atoms with Crippen LogP contribution < -0.4 is 20.1 Å². The highest BCUT2D eigenvalue weighted by Gasteiger charge is 2.18. The van der Waals surface area contributed by atoms with Gasteiger partial charge >= 0.3 is 0 Å². The zero-order valence-corrected chi connectivity index (χ0v) is 10.9. The van der Waals surface area contributed by atoms with Gasteiger partial charge in [-0.05, 0) is 19.4 Å². The van der Waals surface area contributed by atoms with Gasteiger partial charge in [-0.2, -0.15) is 0 Å². The summed E-state index contributed by atoms with van der Waals surface area (Å²) < 4.78 is 11.1. The topological polar surface area (TPSA) is 42.5 Å². The van der Waals surface area contributed by atoms with Gasteiger partial charge in [0.05, 0.1) is 10.7 Å². The van der Waals surface area contributed by atoms with Crippen molar-refractivity contribution in [1.82, 2.24) is 5.32 Å². The minimum Gasteiger partial charge on any atom is -0.486 e. The Hall–Kier alpha value is -1.13. The number of anilines is 1. The summed E-state index contributed by atoms with van der Waals surface area (Å²) in [7, 11) is 0. The molecule has 98 valence electrons. The first-order valence-corrected chi connectivity index (χ1v) is 6.77. The number of fused-ring (bicyclic) bond motifs is 1. The number of piperidine rings is 1. The van der Waals surface area contributed by atoms with Crippen LogP contribution in [0, 0.1) is 0 Å². The number of hydrogen-bond donors (Lipinski definition) is 2. The maximum Gasteiger partial charge on any atom is 0.163 e. The standard InChI is InChI=1S/C13H17ClN2O2/c14-10-6-12-13(18-5-4-17-12)7-11(10)16-9-2-1-3-15-8-9/h6-7,9,15-16H,1-5,8H2. The second-order valence-electron chi connectivity index (χ2n) is 4.66. The minimum atomic E-state index is 0.429. The molecule has 0 saturated carbocycles. The summed E-state index contributed by atoms with van der Waals surface area (Å²) in [6.45, 7) is 3.26. The molecule has 1 fully saturated rings. The quantitative estimate of drug-likeness (QED) is 0.864. The van der Waals surface area contributed by atoms with Gasteiger partial charge in [-0.25, -0.2) is 0 Å². The van der Waals surface area contributed by atoms with E-state index in [1.807, 2.05) is 12.1 Å². The van der Waals surface area contributed by atoms with E-state index < -0.39 is 0 Å². The zero-order chi connectivity index (χ0) is 12.4. The van der Waals surface area contributed by atoms with Crippen molar-refractivity contribution in [3.05, 3.63) is 17.2 Å². The molecule has 0 radical (unpaired) electrons. The lowest BCUT2D eigenvalue weighted by molar-refractivity contribution is 0.171. The molecule has 2 heterocycles. The molecule has 2 N–H and O–H groups in total. The molecule has 1 saturated heterocycles. The smallest absolute Gasteiger partial charge is 0.163 e. The van der Waals surface area contributed by atoms with Crippen molar-refractivity contribution >= 4 is 17.3 Å². The fourth-order valence-electron chi connectivity index (χ4n) is 2.37. The molecule has 0 amide bonds. The second-order valence-corrected chi connectivity index (χ2v) is 5.07. The van der Waals surface area contributed by atoms with Gasteiger partial charge in [0.1, 0.15) is 13.2 Å². The third kappa shape index (κ3) is 2.49. The minimum absolute atomic E-state index is 0.429. The van der Waals surface area contributed by atoms with Crippen molar-refractivity contribution in [3.63, 3.8) is 0 Å². The maximum atomic E-state index is 6.26. The lowest BCUT2D eigenvalue weighted by Crippen LogP contribution is -2.38. The summed E-state index contributed by atoms with van der Waals surface area (Å²) >= 11 is 6.26. The van der Waals surface area contributed by atoms with Gasteiger partial charge in [-0.1, -0.05) is 11.6 Å². The molecule has 1 atom stereocenters. The lowest BCUT2D eigenvalue weighted by atomic mass is 10.1. The van der Waals surface area contributed by atoms with E-state index in [9.17, 15) is 0 Å². The predicted molar refractivity (Wildman–Crippen MR) is 72.0 cm³/mol. The number of hydrogen-bond acceptors (Lipinski definition) is 4. The Bertz CT molecular complexity index is 433. The van der Waals surface area contributed by atoms with Gasteiger partial charge < -0.3 is 20.1 Å². The van der Waals surface area contributed by atoms with Gasteiger partial charge in [0.2, 0.25) is 0 Å². The normalized spacial score (nSPS) is 22.6. The first kappa shape index (κ1) is 11.9. The van der Waals surface area contributed by atoms with E-state index in [-0.39, 0.29) is 0 Å². The van der Waals surface area contributed by atoms with E-state index in [1.165, 1.54) is 6.42 Å². The molecule has 2 aliphatic heterocycles. The van der Waals surface area contributed by atoms with Crippen LogP contribution in [0.3, 0.4) is 0 Å². The predicted octanol–water partition coefficient (Wildman–Crippen LogP) is 2.28. The molecular formula is C13H17ClN2O2. The van der Waals surface area contributed by atoms with E-state index in [0.29, 0.717) is 24.3 Å². The SMILES string of the molecule is Clc1cc2c(cc1NC1CCCNC1)OCCO2. The number of benzene rings is 1. The molecule has 3 rings (SSSR count). The van der Waals surface area contributed by atoms with Crippen LogP contribution >= 0.6 is 11.6 Å². The molecule has 1 unspecified atom stereocenters. The largest absolute Gasteiger partial charge is 0.486 e. The zero-order valence-electron chi connectivity index (χ0n) is 10.2. The first-order chi connectivity index (χ1) is 8.83. The average molecular weight is 269 g/mol. The molecule has 0 bridgehead atoms. The van der Waals surface area contributed by atoms with Crippen LogP contribution in [0.15, 0.2) is 12.1 Å². The highest BCUT2D eigenvalue weighted by molar-refractivity contribution is 6.33. The molecule has 2 aliphatic rings. The van der Waals surface area contributed by atoms with Gasteiger partial charge in [-0.15, -0.1) is 0 Å². The molecule has 1 aromatic rings. The van der Waals surface area contributed by atoms with Crippen molar-refractivity contribution in [1.29, 1.82) is 0 Å². The molecule has 0 spiro atoms. The molecule has 0 aliphatic carbocycles. The van der Waals surface area contributed by atoms with E-state index in [2.05, 4.69) is 10.6 Å². The van der Waals surface area contributed by atoms with Gasteiger partial charge in [0.15, 0.2) is 11.5 Å². The van der Waals surface area contributed by atoms with Crippen LogP contribution in [0.4, 0.5) is 5.69 Å². The molecule has 0 aromatic heterocycles. The van der Waals surface area contributed by atoms with Crippen LogP contribution in [0.5, 0.6) is 11.5 Å². The third-order valence-corrected chi connectivity index (χ3v) is 3.60. The Morgan fingerprint density at radius 3 is 2.72 bits per heavy atom. The van der Waals surface area contributed by atoms with E-state index >= 15 is 0 Å². The van der Waals surface area contributed by atoms with Crippen molar-refractivity contribution in [2.75, 3.05) is 31.6 Å². The Morgan fingerprint density at radius 2 is 2.00 bits per heavy atom. The Kier molecular flexibility index (Phi) is 3.48. The molecule has 5 heteroatoms. The third-order valence-electron chi connectivity index (χ3n) is 3.29. The van der Waals surface area contributed by atoms with Crippen molar-refractivity contribution in [2.24, 2.45) is 0 Å². The van der Waals surface area contributed by atoms with Crippen molar-refractivity contribution in [2.45, 2.75) is 18.9 Å². The summed E-state index contributed by atoms with van der Waals surface area (Å²) in [6, 6.07) is 4.19. The number of nitrogens with one attached hydrogen (secondary N) is 2. The van der Waals surface area contributed by atoms with Crippen molar-refractivity contribution < 1.29 is 9.47 Å². The summed E-state index contributed by atoms with van der Waals surface area (Å²) in [5, 5.41) is 7.53. The van der Waals surface area contributed by atoms with Gasteiger partial charge in [-0.3, -0.25) is 0 Å². The summed E-state index contributed by atoms with van der Waals surface area (Å²) in [4.78, 5) is 0. The molecule has 4 nitrogen and oxygen atoms in total. The first-order valence-electron chi connectivity index (χ1n) is 6.39. The monoisotopic (exact) mass is 268 g/mol. The van der Waals surface area contributed by atoms with Crippen LogP contribution in [0.1, 0.15) is 12.8 Å². The average Bonchev–Trinajstić information content (AvgIpc) is 2.41. The number of ether oxygens (including phenoxy) is 2. The Morgan fingerprint density at radius 1 is 1.22 bits per heavy atom. The summed E-state index contributed by atoms with van der Waals surface area (Å²) in [5.74, 6) is 1.51. The van der Waals surface area contributed by atoms with E-state index in [1.54, 1.807) is 0 Å².